The van der Waals surface area contributed by atoms with Gasteiger partial charge in [-0.3, -0.25) is 19.3 Å². The molecular weight excluding hydrogens is 611 g/mol. The number of fused-ring (bicyclic) bond motifs is 4. The Kier molecular flexibility index (Phi) is 8.87. The number of benzene rings is 1. The number of pyridine rings is 1. The first-order valence-corrected chi connectivity index (χ1v) is 14.3. The maximum Gasteiger partial charge on any atom is 0.436 e. The van der Waals surface area contributed by atoms with E-state index in [9.17, 15) is 22.8 Å². The maximum atomic E-state index is 13.8. The summed E-state index contributed by atoms with van der Waals surface area (Å²) >= 11 is 6.24. The number of carbonyl (C=O) groups excluding carboxylic acids is 2. The quantitative estimate of drug-likeness (QED) is 0.160. The molecule has 2 bridgehead atoms. The molecule has 2 amide bonds. The summed E-state index contributed by atoms with van der Waals surface area (Å²) in [4.78, 5) is 31.3. The van der Waals surface area contributed by atoms with Crippen LogP contribution in [0.4, 0.5) is 18.9 Å². The van der Waals surface area contributed by atoms with Crippen LogP contribution in [-0.4, -0.2) is 53.3 Å². The minimum Gasteiger partial charge on any atom is -0.323 e. The molecule has 0 spiro atoms. The molecule has 1 aliphatic heterocycles. The van der Waals surface area contributed by atoms with Gasteiger partial charge >= 0.3 is 6.18 Å². The van der Waals surface area contributed by atoms with Crippen molar-refractivity contribution < 1.29 is 22.8 Å². The lowest BCUT2D eigenvalue weighted by atomic mass is 9.96. The first kappa shape index (κ1) is 31.6. The fourth-order valence-electron chi connectivity index (χ4n) is 5.24. The largest absolute Gasteiger partial charge is 0.436 e. The summed E-state index contributed by atoms with van der Waals surface area (Å²) in [6.45, 7) is 7.11. The SMILES string of the molecule is C=NN(C(=O)/C=C(\C)c1cc(Cl)ccc1-n1cc(C(F)(F)F)nn1)[C@H]1CCC[C@@H](C)C(=O)Nc2cnn(C)c2-c2ccnc1c2. The highest BCUT2D eigenvalue weighted by atomic mass is 35.5. The van der Waals surface area contributed by atoms with Crippen molar-refractivity contribution in [3.8, 4) is 16.9 Å². The number of hydrogen-bond donors (Lipinski definition) is 1. The second kappa shape index (κ2) is 12.6. The smallest absolute Gasteiger partial charge is 0.323 e. The zero-order valence-electron chi connectivity index (χ0n) is 24.6. The number of nitrogens with one attached hydrogen (secondary N) is 1. The fraction of sp³-hybridized carbons (Fsp3) is 0.300. The van der Waals surface area contributed by atoms with E-state index in [2.05, 4.69) is 37.5 Å². The summed E-state index contributed by atoms with van der Waals surface area (Å²) in [5.74, 6) is -1.00. The molecule has 15 heteroatoms. The van der Waals surface area contributed by atoms with Gasteiger partial charge in [-0.25, -0.2) is 9.69 Å². The van der Waals surface area contributed by atoms with Crippen LogP contribution in [0.5, 0.6) is 0 Å². The zero-order chi connectivity index (χ0) is 32.5. The number of alkyl halides is 3. The molecule has 2 atom stereocenters. The van der Waals surface area contributed by atoms with Crippen LogP contribution in [0.3, 0.4) is 0 Å². The Balaban J connectivity index is 1.53. The second-order valence-corrected chi connectivity index (χ2v) is 11.1. The zero-order valence-corrected chi connectivity index (χ0v) is 25.3. The van der Waals surface area contributed by atoms with Crippen LogP contribution in [0.25, 0.3) is 22.5 Å². The van der Waals surface area contributed by atoms with E-state index in [-0.39, 0.29) is 17.5 Å². The molecule has 234 valence electrons. The van der Waals surface area contributed by atoms with E-state index in [0.717, 1.165) is 16.4 Å². The third-order valence-corrected chi connectivity index (χ3v) is 7.82. The summed E-state index contributed by atoms with van der Waals surface area (Å²) in [6.07, 6.45) is 2.12. The van der Waals surface area contributed by atoms with Gasteiger partial charge in [0.1, 0.15) is 0 Å². The van der Waals surface area contributed by atoms with Crippen molar-refractivity contribution in [2.24, 2.45) is 18.1 Å². The molecular formula is C30H29ClF3N9O2. The molecule has 0 saturated heterocycles. The van der Waals surface area contributed by atoms with Gasteiger partial charge in [-0.1, -0.05) is 30.2 Å². The maximum absolute atomic E-state index is 13.8. The van der Waals surface area contributed by atoms with Gasteiger partial charge in [0.2, 0.25) is 5.91 Å². The van der Waals surface area contributed by atoms with Crippen molar-refractivity contribution in [2.45, 2.75) is 45.3 Å². The van der Waals surface area contributed by atoms with E-state index in [1.54, 1.807) is 37.1 Å². The number of nitrogens with zero attached hydrogens (tertiary/aromatic N) is 8. The van der Waals surface area contributed by atoms with Gasteiger partial charge < -0.3 is 5.32 Å². The number of aryl methyl sites for hydroxylation is 1. The van der Waals surface area contributed by atoms with E-state index in [1.807, 2.05) is 13.0 Å². The molecule has 0 fully saturated rings. The Morgan fingerprint density at radius 1 is 1.24 bits per heavy atom. The van der Waals surface area contributed by atoms with Crippen molar-refractivity contribution in [2.75, 3.05) is 5.32 Å². The molecule has 1 N–H and O–H groups in total. The molecule has 0 radical (unpaired) electrons. The Hall–Kier alpha value is -4.85. The van der Waals surface area contributed by atoms with Gasteiger partial charge in [-0.15, -0.1) is 5.10 Å². The minimum atomic E-state index is -4.68. The summed E-state index contributed by atoms with van der Waals surface area (Å²) < 4.78 is 42.3. The highest BCUT2D eigenvalue weighted by Gasteiger charge is 2.35. The van der Waals surface area contributed by atoms with Gasteiger partial charge in [0.15, 0.2) is 5.69 Å². The van der Waals surface area contributed by atoms with Gasteiger partial charge in [0.05, 0.1) is 41.2 Å². The molecule has 0 saturated carbocycles. The van der Waals surface area contributed by atoms with Crippen LogP contribution in [0.1, 0.15) is 56.1 Å². The monoisotopic (exact) mass is 639 g/mol. The molecule has 3 aromatic heterocycles. The van der Waals surface area contributed by atoms with Crippen LogP contribution >= 0.6 is 11.6 Å². The number of aromatic nitrogens is 6. The van der Waals surface area contributed by atoms with Crippen molar-refractivity contribution in [1.29, 1.82) is 0 Å². The average Bonchev–Trinajstić information content (AvgIpc) is 3.63. The lowest BCUT2D eigenvalue weighted by Gasteiger charge is -2.27. The normalized spacial score (nSPS) is 17.5. The summed E-state index contributed by atoms with van der Waals surface area (Å²) in [5, 5.41) is 19.7. The van der Waals surface area contributed by atoms with Gasteiger partial charge in [0, 0.05) is 48.1 Å². The molecule has 4 heterocycles. The number of allylic oxidation sites excluding steroid dienone is 1. The van der Waals surface area contributed by atoms with Crippen LogP contribution in [0.15, 0.2) is 60.1 Å². The fourth-order valence-corrected chi connectivity index (χ4v) is 5.41. The molecule has 1 aromatic carbocycles. The summed E-state index contributed by atoms with van der Waals surface area (Å²) in [5.41, 5.74) is 2.34. The predicted molar refractivity (Wildman–Crippen MR) is 162 cm³/mol. The lowest BCUT2D eigenvalue weighted by molar-refractivity contribution is -0.141. The van der Waals surface area contributed by atoms with Crippen LogP contribution in [0, 0.1) is 5.92 Å². The van der Waals surface area contributed by atoms with Gasteiger partial charge in [-0.2, -0.15) is 23.4 Å². The number of halogens is 4. The number of carbonyl (C=O) groups is 2. The Morgan fingerprint density at radius 2 is 2.02 bits per heavy atom. The van der Waals surface area contributed by atoms with E-state index in [4.69, 9.17) is 11.6 Å². The van der Waals surface area contributed by atoms with E-state index >= 15 is 0 Å². The average molecular weight is 640 g/mol. The van der Waals surface area contributed by atoms with Crippen molar-refractivity contribution in [3.63, 3.8) is 0 Å². The van der Waals surface area contributed by atoms with Crippen molar-refractivity contribution in [3.05, 3.63) is 77.0 Å². The first-order chi connectivity index (χ1) is 21.4. The van der Waals surface area contributed by atoms with Gasteiger partial charge in [-0.05, 0) is 55.7 Å². The molecule has 0 unspecified atom stereocenters. The van der Waals surface area contributed by atoms with E-state index in [1.165, 1.54) is 29.3 Å². The Bertz CT molecular complexity index is 1800. The summed E-state index contributed by atoms with van der Waals surface area (Å²) in [7, 11) is 1.76. The number of rotatable bonds is 5. The topological polar surface area (TPSA) is 123 Å². The molecule has 11 nitrogen and oxygen atoms in total. The van der Waals surface area contributed by atoms with E-state index in [0.29, 0.717) is 52.5 Å². The highest BCUT2D eigenvalue weighted by Crippen LogP contribution is 2.35. The summed E-state index contributed by atoms with van der Waals surface area (Å²) in [6, 6.07) is 7.48. The van der Waals surface area contributed by atoms with Crippen molar-refractivity contribution in [1.82, 2.24) is 34.8 Å². The molecule has 0 aliphatic carbocycles. The van der Waals surface area contributed by atoms with Gasteiger partial charge in [0.25, 0.3) is 5.91 Å². The number of hydrazone groups is 1. The number of anilines is 1. The number of amides is 2. The minimum absolute atomic E-state index is 0.143. The van der Waals surface area contributed by atoms with Crippen LogP contribution in [-0.2, 0) is 22.8 Å². The molecule has 45 heavy (non-hydrogen) atoms. The standard InChI is InChI=1S/C30H29ClF3N9O2/c1-17-6-5-7-25(22-13-19(10-11-36-22)28-23(38-29(17)45)15-37-41(28)4)43(35-3)27(44)12-18(2)21-14-20(31)8-9-24(21)42-16-26(39-40-42)30(32,33)34/h8-17,25H,3,5-7H2,1-2,4H3,(H,38,45)/b18-12+/t17-,25+/m1/s1. The molecule has 4 aromatic rings. The van der Waals surface area contributed by atoms with Crippen molar-refractivity contribution >= 4 is 41.4 Å². The third-order valence-electron chi connectivity index (χ3n) is 7.58. The predicted octanol–water partition coefficient (Wildman–Crippen LogP) is 6.08. The lowest BCUT2D eigenvalue weighted by Crippen LogP contribution is -2.30. The second-order valence-electron chi connectivity index (χ2n) is 10.7. The molecule has 1 aliphatic rings. The number of hydrogen-bond acceptors (Lipinski definition) is 7. The third kappa shape index (κ3) is 6.65. The highest BCUT2D eigenvalue weighted by molar-refractivity contribution is 6.30. The van der Waals surface area contributed by atoms with E-state index < -0.39 is 23.8 Å². The Morgan fingerprint density at radius 3 is 2.73 bits per heavy atom. The van der Waals surface area contributed by atoms with Crippen LogP contribution < -0.4 is 5.32 Å². The first-order valence-electron chi connectivity index (χ1n) is 13.9. The molecule has 5 rings (SSSR count). The Labute approximate surface area is 261 Å². The van der Waals surface area contributed by atoms with Crippen LogP contribution in [0.2, 0.25) is 5.02 Å².